The predicted octanol–water partition coefficient (Wildman–Crippen LogP) is 3.99. The molecule has 9 heteroatoms. The summed E-state index contributed by atoms with van der Waals surface area (Å²) in [5, 5.41) is 0. The van der Waals surface area contributed by atoms with Gasteiger partial charge < -0.3 is 20.1 Å². The Labute approximate surface area is 158 Å². The molecule has 2 N–H and O–H groups in total. The maximum absolute atomic E-state index is 12.6. The van der Waals surface area contributed by atoms with E-state index in [4.69, 9.17) is 5.73 Å². The van der Waals surface area contributed by atoms with Gasteiger partial charge >= 0.3 is 13.2 Å². The largest absolute Gasteiger partial charge is 0.431 e. The van der Waals surface area contributed by atoms with Crippen LogP contribution in [-0.2, 0) is 11.3 Å². The summed E-state index contributed by atoms with van der Waals surface area (Å²) in [4.78, 5) is 14.0. The molecule has 0 aromatic heterocycles. The van der Waals surface area contributed by atoms with Gasteiger partial charge in [-0.3, -0.25) is 4.79 Å². The third kappa shape index (κ3) is 4.85. The van der Waals surface area contributed by atoms with E-state index < -0.39 is 24.7 Å². The van der Waals surface area contributed by atoms with Gasteiger partial charge in [-0.2, -0.15) is 17.6 Å². The number of amides is 1. The van der Waals surface area contributed by atoms with E-state index >= 15 is 0 Å². The Morgan fingerprint density at radius 2 is 1.64 bits per heavy atom. The van der Waals surface area contributed by atoms with Gasteiger partial charge in [0, 0.05) is 31.1 Å². The predicted molar refractivity (Wildman–Crippen MR) is 93.3 cm³/mol. The van der Waals surface area contributed by atoms with Crippen LogP contribution in [0.3, 0.4) is 0 Å². The molecule has 1 amide bonds. The van der Waals surface area contributed by atoms with Crippen LogP contribution < -0.4 is 15.2 Å². The normalized spacial score (nSPS) is 16.9. The smallest absolute Gasteiger partial charge is 0.387 e. The first-order valence-corrected chi connectivity index (χ1v) is 8.47. The molecule has 0 saturated carbocycles. The fourth-order valence-corrected chi connectivity index (χ4v) is 3.15. The highest BCUT2D eigenvalue weighted by molar-refractivity contribution is 5.80. The number of nitrogen functional groups attached to an aromatic ring is 1. The Balaban J connectivity index is 1.75. The van der Waals surface area contributed by atoms with E-state index in [1.165, 1.54) is 12.1 Å². The van der Waals surface area contributed by atoms with E-state index in [0.717, 1.165) is 11.6 Å². The molecule has 1 aliphatic rings. The molecule has 2 aromatic carbocycles. The molecule has 0 spiro atoms. The number of nitrogens with two attached hydrogens (primary N) is 1. The Bertz CT molecular complexity index is 830. The lowest BCUT2D eigenvalue weighted by Gasteiger charge is -2.18. The van der Waals surface area contributed by atoms with Crippen molar-refractivity contribution < 1.29 is 31.8 Å². The highest BCUT2D eigenvalue weighted by Crippen LogP contribution is 2.36. The van der Waals surface area contributed by atoms with Crippen molar-refractivity contribution in [2.75, 3.05) is 12.3 Å². The number of hydrogen-bond donors (Lipinski definition) is 1. The van der Waals surface area contributed by atoms with Gasteiger partial charge in [0.05, 0.1) is 0 Å². The minimum Gasteiger partial charge on any atom is -0.431 e. The molecule has 1 fully saturated rings. The first-order valence-electron chi connectivity index (χ1n) is 8.47. The molecule has 0 bridgehead atoms. The van der Waals surface area contributed by atoms with Gasteiger partial charge in [-0.25, -0.2) is 0 Å². The molecule has 1 saturated heterocycles. The van der Waals surface area contributed by atoms with Crippen LogP contribution in [0.2, 0.25) is 0 Å². The number of halogens is 4. The number of anilines is 1. The van der Waals surface area contributed by atoms with Crippen molar-refractivity contribution in [1.82, 2.24) is 4.90 Å². The zero-order chi connectivity index (χ0) is 20.3. The molecule has 28 heavy (non-hydrogen) atoms. The average molecular weight is 398 g/mol. The number of ether oxygens (including phenoxy) is 2. The number of rotatable bonds is 7. The second kappa shape index (κ2) is 8.37. The molecule has 150 valence electrons. The Kier molecular flexibility index (Phi) is 5.91. The van der Waals surface area contributed by atoms with Crippen LogP contribution in [0.1, 0.15) is 23.5 Å². The number of nitrogens with zero attached hydrogens (tertiary/aromatic N) is 1. The number of likely N-dealkylation sites (tertiary alicyclic amines) is 1. The van der Waals surface area contributed by atoms with Crippen LogP contribution in [0, 0.1) is 0 Å². The van der Waals surface area contributed by atoms with Crippen molar-refractivity contribution in [3.8, 4) is 11.5 Å². The first kappa shape index (κ1) is 19.8. The highest BCUT2D eigenvalue weighted by atomic mass is 19.3. The second-order valence-corrected chi connectivity index (χ2v) is 6.38. The molecule has 1 unspecified atom stereocenters. The van der Waals surface area contributed by atoms with Crippen LogP contribution in [0.4, 0.5) is 23.2 Å². The molecule has 1 aliphatic heterocycles. The monoisotopic (exact) mass is 398 g/mol. The zero-order valence-corrected chi connectivity index (χ0v) is 14.7. The summed E-state index contributed by atoms with van der Waals surface area (Å²) in [6.45, 7) is -5.61. The second-order valence-electron chi connectivity index (χ2n) is 6.38. The SMILES string of the molecule is Nc1ccc(CN2CC(c3ccc(OC(F)F)c(OC(F)F)c3)CC2=O)cc1. The molecular weight excluding hydrogens is 380 g/mol. The maximum Gasteiger partial charge on any atom is 0.387 e. The van der Waals surface area contributed by atoms with Gasteiger partial charge in [-0.15, -0.1) is 0 Å². The fraction of sp³-hybridized carbons (Fsp3) is 0.316. The minimum atomic E-state index is -3.19. The molecular formula is C19H18F4N2O3. The molecule has 5 nitrogen and oxygen atoms in total. The van der Waals surface area contributed by atoms with Gasteiger partial charge in [0.25, 0.3) is 0 Å². The van der Waals surface area contributed by atoms with E-state index in [1.807, 2.05) is 12.1 Å². The van der Waals surface area contributed by atoms with Crippen LogP contribution in [-0.4, -0.2) is 30.6 Å². The van der Waals surface area contributed by atoms with E-state index in [1.54, 1.807) is 17.0 Å². The van der Waals surface area contributed by atoms with Crippen LogP contribution in [0.25, 0.3) is 0 Å². The van der Waals surface area contributed by atoms with Crippen molar-refractivity contribution in [1.29, 1.82) is 0 Å². The lowest BCUT2D eigenvalue weighted by molar-refractivity contribution is -0.128. The van der Waals surface area contributed by atoms with E-state index in [2.05, 4.69) is 9.47 Å². The van der Waals surface area contributed by atoms with Crippen molar-refractivity contribution in [3.63, 3.8) is 0 Å². The van der Waals surface area contributed by atoms with Gasteiger partial charge in [0.1, 0.15) is 0 Å². The highest BCUT2D eigenvalue weighted by Gasteiger charge is 2.31. The molecule has 0 aliphatic carbocycles. The van der Waals surface area contributed by atoms with E-state index in [-0.39, 0.29) is 18.2 Å². The van der Waals surface area contributed by atoms with Crippen molar-refractivity contribution in [2.24, 2.45) is 0 Å². The van der Waals surface area contributed by atoms with Gasteiger partial charge in [0.2, 0.25) is 5.91 Å². The quantitative estimate of drug-likeness (QED) is 0.566. The van der Waals surface area contributed by atoms with Crippen LogP contribution >= 0.6 is 0 Å². The summed E-state index contributed by atoms with van der Waals surface area (Å²) < 4.78 is 58.6. The maximum atomic E-state index is 12.6. The van der Waals surface area contributed by atoms with E-state index in [9.17, 15) is 22.4 Å². The topological polar surface area (TPSA) is 64.8 Å². The molecule has 1 atom stereocenters. The minimum absolute atomic E-state index is 0.0916. The first-order chi connectivity index (χ1) is 13.3. The summed E-state index contributed by atoms with van der Waals surface area (Å²) in [7, 11) is 0. The summed E-state index contributed by atoms with van der Waals surface area (Å²) in [6.07, 6.45) is 0.179. The van der Waals surface area contributed by atoms with E-state index in [0.29, 0.717) is 24.3 Å². The number of benzene rings is 2. The Hall–Kier alpha value is -2.97. The number of hydrogen-bond acceptors (Lipinski definition) is 4. The Morgan fingerprint density at radius 1 is 1.00 bits per heavy atom. The summed E-state index contributed by atoms with van der Waals surface area (Å²) in [6, 6.07) is 11.0. The number of alkyl halides is 4. The van der Waals surface area contributed by atoms with Crippen molar-refractivity contribution in [2.45, 2.75) is 32.1 Å². The van der Waals surface area contributed by atoms with Crippen LogP contribution in [0.5, 0.6) is 11.5 Å². The molecule has 2 aromatic rings. The van der Waals surface area contributed by atoms with Crippen molar-refractivity contribution >= 4 is 11.6 Å². The summed E-state index contributed by atoms with van der Waals surface area (Å²) in [5.41, 5.74) is 7.71. The summed E-state index contributed by atoms with van der Waals surface area (Å²) >= 11 is 0. The Morgan fingerprint density at radius 3 is 2.29 bits per heavy atom. The van der Waals surface area contributed by atoms with Gasteiger partial charge in [-0.1, -0.05) is 18.2 Å². The fourth-order valence-electron chi connectivity index (χ4n) is 3.15. The van der Waals surface area contributed by atoms with Gasteiger partial charge in [0.15, 0.2) is 11.5 Å². The lowest BCUT2D eigenvalue weighted by atomic mass is 9.98. The van der Waals surface area contributed by atoms with Crippen molar-refractivity contribution in [3.05, 3.63) is 53.6 Å². The standard InChI is InChI=1S/C19H18F4N2O3/c20-18(21)27-15-6-3-12(7-16(15)28-19(22)23)13-8-17(26)25(10-13)9-11-1-4-14(24)5-2-11/h1-7,13,18-19H,8-10,24H2. The molecule has 3 rings (SSSR count). The number of carbonyl (C=O) groups excluding carboxylic acids is 1. The van der Waals surface area contributed by atoms with Crippen LogP contribution in [0.15, 0.2) is 42.5 Å². The average Bonchev–Trinajstić information content (AvgIpc) is 2.98. The molecule has 1 heterocycles. The lowest BCUT2D eigenvalue weighted by Crippen LogP contribution is -2.24. The third-order valence-electron chi connectivity index (χ3n) is 4.44. The molecule has 0 radical (unpaired) electrons. The number of carbonyl (C=O) groups is 1. The third-order valence-corrected chi connectivity index (χ3v) is 4.44. The summed E-state index contributed by atoms with van der Waals surface area (Å²) in [5.74, 6) is -1.34. The zero-order valence-electron chi connectivity index (χ0n) is 14.7. The van der Waals surface area contributed by atoms with Gasteiger partial charge in [-0.05, 0) is 35.4 Å².